The van der Waals surface area contributed by atoms with Gasteiger partial charge < -0.3 is 4.74 Å². The van der Waals surface area contributed by atoms with Gasteiger partial charge in [0.1, 0.15) is 5.25 Å². The van der Waals surface area contributed by atoms with Gasteiger partial charge in [-0.2, -0.15) is 0 Å². The number of nitrogens with zero attached hydrogens (tertiary/aromatic N) is 1. The van der Waals surface area contributed by atoms with Crippen LogP contribution < -0.4 is 0 Å². The van der Waals surface area contributed by atoms with Crippen LogP contribution in [0.4, 0.5) is 0 Å². The molecule has 222 valence electrons. The molecule has 1 aliphatic rings. The Morgan fingerprint density at radius 1 is 0.744 bits per heavy atom. The third kappa shape index (κ3) is 6.30. The Morgan fingerprint density at radius 3 is 1.77 bits per heavy atom. The summed E-state index contributed by atoms with van der Waals surface area (Å²) in [6.45, 7) is 5.82. The number of sulfone groups is 1. The number of Topliss-reactive ketones (excluding diaryl/α,β-unsaturated/α-hetero) is 1. The molecule has 1 aliphatic heterocycles. The molecule has 0 amide bonds. The summed E-state index contributed by atoms with van der Waals surface area (Å²) in [5.41, 5.74) is 4.42. The van der Waals surface area contributed by atoms with Crippen LogP contribution in [0.3, 0.4) is 0 Å². The first-order valence-corrected chi connectivity index (χ1v) is 16.2. The highest BCUT2D eigenvalue weighted by Gasteiger charge is 2.59. The molecule has 0 aromatic heterocycles. The zero-order chi connectivity index (χ0) is 30.7. The topological polar surface area (TPSA) is 80.8 Å². The first kappa shape index (κ1) is 30.7. The molecule has 0 spiro atoms. The molecule has 4 aromatic carbocycles. The molecule has 43 heavy (non-hydrogen) atoms. The van der Waals surface area contributed by atoms with Crippen LogP contribution in [0, 0.1) is 13.8 Å². The highest BCUT2D eigenvalue weighted by atomic mass is 35.5. The Labute approximate surface area is 258 Å². The molecule has 0 bridgehead atoms. The number of benzene rings is 4. The lowest BCUT2D eigenvalue weighted by Gasteiger charge is -2.48. The maximum Gasteiger partial charge on any atom is 0.326 e. The molecule has 0 saturated carbocycles. The molecule has 0 aliphatic carbocycles. The Bertz CT molecular complexity index is 1690. The molecule has 6 nitrogen and oxygen atoms in total. The van der Waals surface area contributed by atoms with Crippen molar-refractivity contribution in [2.24, 2.45) is 0 Å². The molecular formula is C35H34ClNO5S. The van der Waals surface area contributed by atoms with E-state index in [1.54, 1.807) is 19.1 Å². The van der Waals surface area contributed by atoms with Crippen molar-refractivity contribution in [2.75, 3.05) is 6.61 Å². The Morgan fingerprint density at radius 2 is 1.26 bits per heavy atom. The lowest BCUT2D eigenvalue weighted by Crippen LogP contribution is -2.60. The summed E-state index contributed by atoms with van der Waals surface area (Å²) in [6, 6.07) is 29.0. The van der Waals surface area contributed by atoms with E-state index in [1.165, 1.54) is 12.1 Å². The van der Waals surface area contributed by atoms with Crippen molar-refractivity contribution in [1.29, 1.82) is 0 Å². The maximum absolute atomic E-state index is 14.8. The fourth-order valence-corrected chi connectivity index (χ4v) is 8.41. The molecule has 0 radical (unpaired) electrons. The van der Waals surface area contributed by atoms with E-state index in [9.17, 15) is 18.0 Å². The zero-order valence-corrected chi connectivity index (χ0v) is 25.9. The lowest BCUT2D eigenvalue weighted by molar-refractivity contribution is -0.144. The van der Waals surface area contributed by atoms with E-state index in [0.717, 1.165) is 16.7 Å². The molecule has 4 aromatic rings. The number of aryl methyl sites for hydroxylation is 2. The Balaban J connectivity index is 1.81. The number of hydrogen-bond donors (Lipinski definition) is 0. The number of ketones is 1. The largest absolute Gasteiger partial charge is 0.465 e. The molecule has 1 heterocycles. The van der Waals surface area contributed by atoms with Crippen molar-refractivity contribution in [2.45, 2.75) is 49.9 Å². The number of rotatable bonds is 8. The third-order valence-corrected chi connectivity index (χ3v) is 10.5. The molecule has 1 saturated heterocycles. The standard InChI is InChI=1S/C35H34ClNO5S/c1-4-42-35(39)34-31(27-16-12-24(3)13-17-27)37(22-25-8-6-5-7-9-25)30(26-14-10-23(2)11-15-26)33(43(34,40)41)32(38)28-18-20-29(36)21-19-28/h5-21,30-31,33-34H,4,22H2,1-3H3/t30-,31+,33+,34-/m1/s1. The average Bonchev–Trinajstić information content (AvgIpc) is 2.99. The van der Waals surface area contributed by atoms with E-state index >= 15 is 0 Å². The molecule has 8 heteroatoms. The molecule has 0 unspecified atom stereocenters. The fourth-order valence-electron chi connectivity index (χ4n) is 5.85. The van der Waals surface area contributed by atoms with E-state index in [0.29, 0.717) is 16.1 Å². The van der Waals surface area contributed by atoms with Crippen LogP contribution in [0.2, 0.25) is 5.02 Å². The molecular weight excluding hydrogens is 582 g/mol. The van der Waals surface area contributed by atoms with Gasteiger partial charge in [-0.3, -0.25) is 14.5 Å². The average molecular weight is 616 g/mol. The number of halogens is 1. The first-order valence-electron chi connectivity index (χ1n) is 14.2. The summed E-state index contributed by atoms with van der Waals surface area (Å²) >= 11 is 6.11. The van der Waals surface area contributed by atoms with Crippen LogP contribution in [0.1, 0.15) is 57.2 Å². The number of hydrogen-bond acceptors (Lipinski definition) is 6. The molecule has 4 atom stereocenters. The normalized spacial score (nSPS) is 21.7. The second-order valence-electron chi connectivity index (χ2n) is 10.9. The van der Waals surface area contributed by atoms with Crippen molar-refractivity contribution >= 4 is 33.2 Å². The van der Waals surface area contributed by atoms with Crippen LogP contribution in [0.5, 0.6) is 0 Å². The van der Waals surface area contributed by atoms with E-state index in [4.69, 9.17) is 16.3 Å². The molecule has 5 rings (SSSR count). The second kappa shape index (κ2) is 12.8. The van der Waals surface area contributed by atoms with Gasteiger partial charge in [0, 0.05) is 17.1 Å². The summed E-state index contributed by atoms with van der Waals surface area (Å²) in [5, 5.41) is -2.80. The minimum atomic E-state index is -4.48. The third-order valence-electron chi connectivity index (χ3n) is 7.95. The first-order chi connectivity index (χ1) is 20.6. The summed E-state index contributed by atoms with van der Waals surface area (Å²) in [5.74, 6) is -1.47. The highest BCUT2D eigenvalue weighted by molar-refractivity contribution is 7.94. The van der Waals surface area contributed by atoms with Gasteiger partial charge in [-0.05, 0) is 61.7 Å². The van der Waals surface area contributed by atoms with Crippen LogP contribution in [-0.4, -0.2) is 42.2 Å². The lowest BCUT2D eigenvalue weighted by atomic mass is 9.90. The summed E-state index contributed by atoms with van der Waals surface area (Å²) < 4.78 is 35.1. The van der Waals surface area contributed by atoms with Gasteiger partial charge in [-0.1, -0.05) is 102 Å². The molecule has 0 N–H and O–H groups in total. The predicted molar refractivity (Wildman–Crippen MR) is 169 cm³/mol. The van der Waals surface area contributed by atoms with Gasteiger partial charge in [0.15, 0.2) is 20.9 Å². The quantitative estimate of drug-likeness (QED) is 0.159. The van der Waals surface area contributed by atoms with Crippen molar-refractivity contribution in [1.82, 2.24) is 4.90 Å². The minimum Gasteiger partial charge on any atom is -0.465 e. The van der Waals surface area contributed by atoms with Crippen LogP contribution in [0.25, 0.3) is 0 Å². The maximum atomic E-state index is 14.8. The van der Waals surface area contributed by atoms with E-state index in [-0.39, 0.29) is 18.7 Å². The monoisotopic (exact) mass is 615 g/mol. The van der Waals surface area contributed by atoms with Gasteiger partial charge >= 0.3 is 5.97 Å². The van der Waals surface area contributed by atoms with E-state index in [2.05, 4.69) is 0 Å². The number of esters is 1. The number of carbonyl (C=O) groups excluding carboxylic acids is 2. The SMILES string of the molecule is CCOC(=O)[C@H]1[C@H](c2ccc(C)cc2)N(Cc2ccccc2)[C@H](c2ccc(C)cc2)[C@@H](C(=O)c2ccc(Cl)cc2)S1(=O)=O. The summed E-state index contributed by atoms with van der Waals surface area (Å²) in [7, 11) is -4.48. The zero-order valence-electron chi connectivity index (χ0n) is 24.3. The van der Waals surface area contributed by atoms with Crippen LogP contribution >= 0.6 is 11.6 Å². The summed E-state index contributed by atoms with van der Waals surface area (Å²) in [6.07, 6.45) is 0. The van der Waals surface area contributed by atoms with Gasteiger partial charge in [-0.15, -0.1) is 0 Å². The summed E-state index contributed by atoms with van der Waals surface area (Å²) in [4.78, 5) is 30.1. The van der Waals surface area contributed by atoms with E-state index in [1.807, 2.05) is 97.6 Å². The van der Waals surface area contributed by atoms with Crippen LogP contribution in [0.15, 0.2) is 103 Å². The van der Waals surface area contributed by atoms with E-state index < -0.39 is 44.2 Å². The van der Waals surface area contributed by atoms with Crippen LogP contribution in [-0.2, 0) is 25.9 Å². The van der Waals surface area contributed by atoms with Gasteiger partial charge in [0.2, 0.25) is 0 Å². The predicted octanol–water partition coefficient (Wildman–Crippen LogP) is 6.85. The van der Waals surface area contributed by atoms with Crippen molar-refractivity contribution in [3.8, 4) is 0 Å². The second-order valence-corrected chi connectivity index (χ2v) is 13.6. The number of carbonyl (C=O) groups is 2. The highest BCUT2D eigenvalue weighted by Crippen LogP contribution is 2.48. The Kier molecular flexibility index (Phi) is 9.16. The number of ether oxygens (including phenoxy) is 1. The fraction of sp³-hybridized carbons (Fsp3) is 0.257. The smallest absolute Gasteiger partial charge is 0.326 e. The Hall–Kier alpha value is -3.78. The van der Waals surface area contributed by atoms with Gasteiger partial charge in [0.25, 0.3) is 0 Å². The molecule has 1 fully saturated rings. The van der Waals surface area contributed by atoms with Crippen molar-refractivity contribution in [3.63, 3.8) is 0 Å². The van der Waals surface area contributed by atoms with Gasteiger partial charge in [-0.25, -0.2) is 8.42 Å². The minimum absolute atomic E-state index is 0.00133. The van der Waals surface area contributed by atoms with Crippen molar-refractivity contribution < 1.29 is 22.7 Å². The van der Waals surface area contributed by atoms with Crippen molar-refractivity contribution in [3.05, 3.63) is 142 Å². The van der Waals surface area contributed by atoms with Gasteiger partial charge in [0.05, 0.1) is 18.7 Å².